The van der Waals surface area contributed by atoms with Gasteiger partial charge in [0.05, 0.1) is 17.1 Å². The summed E-state index contributed by atoms with van der Waals surface area (Å²) in [4.78, 5) is 14.4. The van der Waals surface area contributed by atoms with E-state index in [2.05, 4.69) is 41.0 Å². The molecule has 0 fully saturated rings. The zero-order valence-electron chi connectivity index (χ0n) is 12.8. The Balaban J connectivity index is 1.68. The van der Waals surface area contributed by atoms with E-state index in [0.29, 0.717) is 12.4 Å². The molecule has 0 saturated heterocycles. The normalized spacial score (nSPS) is 11.6. The zero-order chi connectivity index (χ0) is 15.6. The van der Waals surface area contributed by atoms with Crippen LogP contribution in [-0.4, -0.2) is 15.0 Å². The summed E-state index contributed by atoms with van der Waals surface area (Å²) in [6, 6.07) is 5.83. The van der Waals surface area contributed by atoms with Crippen molar-refractivity contribution in [1.82, 2.24) is 15.0 Å². The molecule has 0 saturated carbocycles. The molecule has 22 heavy (non-hydrogen) atoms. The summed E-state index contributed by atoms with van der Waals surface area (Å²) in [5.41, 5.74) is 0.775. The average Bonchev–Trinajstić information content (AvgIpc) is 3.15. The highest BCUT2D eigenvalue weighted by molar-refractivity contribution is 7.13. The number of rotatable bonds is 4. The SMILES string of the molecule is CC(C)(C)c1nccc(NCc2coc(-c3cccs3)n2)n1. The van der Waals surface area contributed by atoms with Crippen LogP contribution in [0.15, 0.2) is 40.5 Å². The molecule has 3 aromatic rings. The van der Waals surface area contributed by atoms with Crippen LogP contribution in [0.25, 0.3) is 10.8 Å². The van der Waals surface area contributed by atoms with Crippen molar-refractivity contribution in [1.29, 1.82) is 0 Å². The topological polar surface area (TPSA) is 63.8 Å². The van der Waals surface area contributed by atoms with Gasteiger partial charge in [-0.2, -0.15) is 0 Å². The molecular formula is C16H18N4OS. The third-order valence-corrected chi connectivity index (χ3v) is 3.92. The summed E-state index contributed by atoms with van der Waals surface area (Å²) < 4.78 is 5.50. The molecule has 1 N–H and O–H groups in total. The van der Waals surface area contributed by atoms with Crippen molar-refractivity contribution in [3.8, 4) is 10.8 Å². The maximum atomic E-state index is 5.50. The molecule has 0 atom stereocenters. The Morgan fingerprint density at radius 3 is 2.82 bits per heavy atom. The van der Waals surface area contributed by atoms with E-state index in [1.165, 1.54) is 0 Å². The summed E-state index contributed by atoms with van der Waals surface area (Å²) >= 11 is 1.61. The highest BCUT2D eigenvalue weighted by Gasteiger charge is 2.17. The van der Waals surface area contributed by atoms with Crippen molar-refractivity contribution in [2.75, 3.05) is 5.32 Å². The molecule has 0 spiro atoms. The van der Waals surface area contributed by atoms with Crippen LogP contribution in [0.2, 0.25) is 0 Å². The van der Waals surface area contributed by atoms with Crippen molar-refractivity contribution in [3.05, 3.63) is 47.6 Å². The van der Waals surface area contributed by atoms with Gasteiger partial charge in [0.1, 0.15) is 17.9 Å². The summed E-state index contributed by atoms with van der Waals surface area (Å²) in [7, 11) is 0. The van der Waals surface area contributed by atoms with Crippen LogP contribution in [-0.2, 0) is 12.0 Å². The molecule has 0 aromatic carbocycles. The van der Waals surface area contributed by atoms with Crippen molar-refractivity contribution >= 4 is 17.2 Å². The quantitative estimate of drug-likeness (QED) is 0.785. The van der Waals surface area contributed by atoms with Gasteiger partial charge in [0.25, 0.3) is 0 Å². The number of thiophene rings is 1. The van der Waals surface area contributed by atoms with Gasteiger partial charge in [-0.3, -0.25) is 0 Å². The number of aromatic nitrogens is 3. The molecule has 3 rings (SSSR count). The van der Waals surface area contributed by atoms with Crippen LogP contribution in [0, 0.1) is 0 Å². The standard InChI is InChI=1S/C16H18N4OS/c1-16(2,3)15-17-7-6-13(20-15)18-9-11-10-21-14(19-11)12-5-4-8-22-12/h4-8,10H,9H2,1-3H3,(H,17,18,20). The van der Waals surface area contributed by atoms with Crippen LogP contribution in [0.5, 0.6) is 0 Å². The Kier molecular flexibility index (Phi) is 3.94. The zero-order valence-corrected chi connectivity index (χ0v) is 13.6. The number of anilines is 1. The smallest absolute Gasteiger partial charge is 0.236 e. The van der Waals surface area contributed by atoms with Crippen LogP contribution in [0.3, 0.4) is 0 Å². The lowest BCUT2D eigenvalue weighted by molar-refractivity contribution is 0.545. The fourth-order valence-electron chi connectivity index (χ4n) is 1.90. The maximum Gasteiger partial charge on any atom is 0.236 e. The number of oxazole rings is 1. The molecule has 3 heterocycles. The molecule has 5 nitrogen and oxygen atoms in total. The first-order valence-corrected chi connectivity index (χ1v) is 7.96. The second-order valence-electron chi connectivity index (χ2n) is 5.99. The van der Waals surface area contributed by atoms with Gasteiger partial charge in [0, 0.05) is 11.6 Å². The van der Waals surface area contributed by atoms with Crippen LogP contribution < -0.4 is 5.32 Å². The molecule has 3 aromatic heterocycles. The third-order valence-electron chi connectivity index (χ3n) is 3.06. The van der Waals surface area contributed by atoms with Crippen molar-refractivity contribution in [3.63, 3.8) is 0 Å². The summed E-state index contributed by atoms with van der Waals surface area (Å²) in [5.74, 6) is 2.27. The van der Waals surface area contributed by atoms with E-state index in [4.69, 9.17) is 4.42 Å². The molecule has 6 heteroatoms. The Bertz CT molecular complexity index is 744. The highest BCUT2D eigenvalue weighted by atomic mass is 32.1. The molecule has 0 bridgehead atoms. The van der Waals surface area contributed by atoms with E-state index >= 15 is 0 Å². The number of hydrogen-bond donors (Lipinski definition) is 1. The average molecular weight is 314 g/mol. The fourth-order valence-corrected chi connectivity index (χ4v) is 2.56. The summed E-state index contributed by atoms with van der Waals surface area (Å²) in [6.45, 7) is 6.85. The minimum Gasteiger partial charge on any atom is -0.443 e. The maximum absolute atomic E-state index is 5.50. The molecule has 0 aliphatic heterocycles. The third kappa shape index (κ3) is 3.33. The van der Waals surface area contributed by atoms with Gasteiger partial charge in [-0.15, -0.1) is 11.3 Å². The van der Waals surface area contributed by atoms with Crippen molar-refractivity contribution in [2.45, 2.75) is 32.7 Å². The minimum absolute atomic E-state index is 0.0715. The molecular weight excluding hydrogens is 296 g/mol. The monoisotopic (exact) mass is 314 g/mol. The van der Waals surface area contributed by atoms with E-state index in [9.17, 15) is 0 Å². The molecule has 0 unspecified atom stereocenters. The number of nitrogens with one attached hydrogen (secondary N) is 1. The predicted octanol–water partition coefficient (Wildman–Crippen LogP) is 4.10. The van der Waals surface area contributed by atoms with Gasteiger partial charge in [0.15, 0.2) is 0 Å². The van der Waals surface area contributed by atoms with Gasteiger partial charge in [-0.05, 0) is 17.5 Å². The first-order valence-electron chi connectivity index (χ1n) is 7.08. The van der Waals surface area contributed by atoms with Crippen LogP contribution >= 0.6 is 11.3 Å². The first-order chi connectivity index (χ1) is 10.5. The molecule has 0 aliphatic rings. The van der Waals surface area contributed by atoms with E-state index < -0.39 is 0 Å². The van der Waals surface area contributed by atoms with E-state index in [-0.39, 0.29) is 5.41 Å². The fraction of sp³-hybridized carbons (Fsp3) is 0.312. The Morgan fingerprint density at radius 2 is 2.09 bits per heavy atom. The summed E-state index contributed by atoms with van der Waals surface area (Å²) in [6.07, 6.45) is 3.45. The Hall–Kier alpha value is -2.21. The lowest BCUT2D eigenvalue weighted by atomic mass is 9.96. The van der Waals surface area contributed by atoms with Crippen molar-refractivity contribution in [2.24, 2.45) is 0 Å². The highest BCUT2D eigenvalue weighted by Crippen LogP contribution is 2.24. The largest absolute Gasteiger partial charge is 0.443 e. The second-order valence-corrected chi connectivity index (χ2v) is 6.94. The lowest BCUT2D eigenvalue weighted by Gasteiger charge is -2.16. The molecule has 114 valence electrons. The molecule has 0 amide bonds. The van der Waals surface area contributed by atoms with Gasteiger partial charge in [0.2, 0.25) is 5.89 Å². The van der Waals surface area contributed by atoms with Crippen molar-refractivity contribution < 1.29 is 4.42 Å². The first kappa shape index (κ1) is 14.7. The van der Waals surface area contributed by atoms with Gasteiger partial charge in [-0.1, -0.05) is 26.8 Å². The van der Waals surface area contributed by atoms with Gasteiger partial charge < -0.3 is 9.73 Å². The van der Waals surface area contributed by atoms with E-state index in [1.54, 1.807) is 23.8 Å². The second kappa shape index (κ2) is 5.88. The Morgan fingerprint density at radius 1 is 1.23 bits per heavy atom. The minimum atomic E-state index is -0.0715. The molecule has 0 radical (unpaired) electrons. The lowest BCUT2D eigenvalue weighted by Crippen LogP contribution is -2.16. The van der Waals surface area contributed by atoms with Crippen LogP contribution in [0.1, 0.15) is 32.3 Å². The van der Waals surface area contributed by atoms with E-state index in [0.717, 1.165) is 22.2 Å². The summed E-state index contributed by atoms with van der Waals surface area (Å²) in [5, 5.41) is 5.27. The van der Waals surface area contributed by atoms with Gasteiger partial charge >= 0.3 is 0 Å². The molecule has 0 aliphatic carbocycles. The van der Waals surface area contributed by atoms with Crippen LogP contribution in [0.4, 0.5) is 5.82 Å². The Labute approximate surface area is 133 Å². The predicted molar refractivity (Wildman–Crippen MR) is 87.9 cm³/mol. The number of nitrogens with zero attached hydrogens (tertiary/aromatic N) is 3. The van der Waals surface area contributed by atoms with E-state index in [1.807, 2.05) is 23.6 Å². The van der Waals surface area contributed by atoms with Gasteiger partial charge in [-0.25, -0.2) is 15.0 Å². The number of hydrogen-bond acceptors (Lipinski definition) is 6.